The van der Waals surface area contributed by atoms with E-state index in [1.165, 1.54) is 11.3 Å². The maximum absolute atomic E-state index is 13.9. The van der Waals surface area contributed by atoms with Gasteiger partial charge in [-0.2, -0.15) is 4.31 Å². The minimum atomic E-state index is -3.63. The zero-order chi connectivity index (χ0) is 29.2. The van der Waals surface area contributed by atoms with Crippen molar-refractivity contribution in [3.05, 3.63) is 53.6 Å². The van der Waals surface area contributed by atoms with Gasteiger partial charge < -0.3 is 4.74 Å². The number of thiazole rings is 1. The van der Waals surface area contributed by atoms with Gasteiger partial charge in [-0.25, -0.2) is 13.4 Å². The molecule has 0 saturated carbocycles. The molecule has 0 unspecified atom stereocenters. The molecule has 2 heterocycles. The van der Waals surface area contributed by atoms with Crippen LogP contribution in [0.3, 0.4) is 0 Å². The van der Waals surface area contributed by atoms with Crippen LogP contribution in [0.5, 0.6) is 0 Å². The highest BCUT2D eigenvalue weighted by molar-refractivity contribution is 7.89. The monoisotopic (exact) mass is 600 g/mol. The number of anilines is 1. The number of carbonyl (C=O) groups is 1. The summed E-state index contributed by atoms with van der Waals surface area (Å²) >= 11 is 1.53. The maximum Gasteiger partial charge on any atom is 0.260 e. The minimum absolute atomic E-state index is 0.165. The molecule has 1 aliphatic rings. The molecule has 0 aliphatic carbocycles. The minimum Gasteiger partial charge on any atom is -0.379 e. The first kappa shape index (κ1) is 31.6. The van der Waals surface area contributed by atoms with Crippen molar-refractivity contribution in [1.29, 1.82) is 0 Å². The van der Waals surface area contributed by atoms with Crippen LogP contribution in [0.15, 0.2) is 47.4 Å². The summed E-state index contributed by atoms with van der Waals surface area (Å²) in [5.74, 6) is -0.165. The number of aromatic nitrogens is 1. The second-order valence-electron chi connectivity index (χ2n) is 10.5. The summed E-state index contributed by atoms with van der Waals surface area (Å²) in [6.07, 6.45) is 5.17. The Morgan fingerprint density at radius 1 is 0.951 bits per heavy atom. The molecule has 1 amide bonds. The van der Waals surface area contributed by atoms with Gasteiger partial charge in [0, 0.05) is 44.8 Å². The fraction of sp³-hybridized carbons (Fsp3) is 0.548. The third-order valence-electron chi connectivity index (χ3n) is 7.57. The van der Waals surface area contributed by atoms with Crippen molar-refractivity contribution in [3.63, 3.8) is 0 Å². The average Bonchev–Trinajstić information content (AvgIpc) is 3.44. The van der Waals surface area contributed by atoms with Crippen LogP contribution in [0.4, 0.5) is 5.13 Å². The Morgan fingerprint density at radius 2 is 1.63 bits per heavy atom. The van der Waals surface area contributed by atoms with E-state index in [1.807, 2.05) is 6.07 Å². The summed E-state index contributed by atoms with van der Waals surface area (Å²) in [5, 5.41) is 0.676. The number of hydrogen-bond acceptors (Lipinski definition) is 7. The summed E-state index contributed by atoms with van der Waals surface area (Å²) in [6, 6.07) is 12.6. The molecule has 8 nitrogen and oxygen atoms in total. The van der Waals surface area contributed by atoms with Gasteiger partial charge >= 0.3 is 0 Å². The second kappa shape index (κ2) is 15.2. The average molecular weight is 601 g/mol. The standard InChI is InChI=1S/C31H44N4O4S2/c1-4-7-18-34(19-8-5-2)41(37,38)27-15-13-26(14-16-27)30(36)35(20-10-17-33-21-23-39-24-22-33)31-32-29-25(6-3)11-9-12-28(29)40-31/h9,11-16H,4-8,10,17-24H2,1-3H3. The number of amides is 1. The largest absolute Gasteiger partial charge is 0.379 e. The molecule has 3 aromatic rings. The number of benzene rings is 2. The number of nitrogens with zero attached hydrogens (tertiary/aromatic N) is 4. The van der Waals surface area contributed by atoms with E-state index >= 15 is 0 Å². The molecule has 1 aromatic heterocycles. The first-order valence-electron chi connectivity index (χ1n) is 15.0. The number of morpholine rings is 1. The molecule has 1 aliphatic heterocycles. The van der Waals surface area contributed by atoms with Crippen LogP contribution >= 0.6 is 11.3 Å². The van der Waals surface area contributed by atoms with Crippen molar-refractivity contribution >= 4 is 42.6 Å². The van der Waals surface area contributed by atoms with Crippen molar-refractivity contribution in [2.24, 2.45) is 0 Å². The van der Waals surface area contributed by atoms with Crippen molar-refractivity contribution in [1.82, 2.24) is 14.2 Å². The lowest BCUT2D eigenvalue weighted by Gasteiger charge is -2.27. The lowest BCUT2D eigenvalue weighted by molar-refractivity contribution is 0.0376. The highest BCUT2D eigenvalue weighted by Crippen LogP contribution is 2.32. The van der Waals surface area contributed by atoms with Crippen LogP contribution < -0.4 is 4.90 Å². The number of aryl methyl sites for hydroxylation is 1. The SMILES string of the molecule is CCCCN(CCCC)S(=O)(=O)c1ccc(C(=O)N(CCCN2CCOCC2)c2nc3c(CC)cccc3s2)cc1. The van der Waals surface area contributed by atoms with E-state index < -0.39 is 10.0 Å². The van der Waals surface area contributed by atoms with Crippen molar-refractivity contribution in [3.8, 4) is 0 Å². The van der Waals surface area contributed by atoms with E-state index in [1.54, 1.807) is 33.5 Å². The highest BCUT2D eigenvalue weighted by Gasteiger charge is 2.26. The fourth-order valence-electron chi connectivity index (χ4n) is 5.05. The van der Waals surface area contributed by atoms with Gasteiger partial charge in [-0.05, 0) is 61.6 Å². The molecule has 1 saturated heterocycles. The molecular formula is C31H44N4O4S2. The molecule has 0 spiro atoms. The lowest BCUT2D eigenvalue weighted by Crippen LogP contribution is -2.39. The van der Waals surface area contributed by atoms with Gasteiger partial charge in [-0.1, -0.05) is 57.1 Å². The van der Waals surface area contributed by atoms with Gasteiger partial charge in [-0.15, -0.1) is 0 Å². The molecule has 0 bridgehead atoms. The number of unbranched alkanes of at least 4 members (excludes halogenated alkanes) is 2. The number of hydrogen-bond donors (Lipinski definition) is 0. The summed E-state index contributed by atoms with van der Waals surface area (Å²) in [4.78, 5) is 23.2. The maximum atomic E-state index is 13.9. The van der Waals surface area contributed by atoms with Crippen LogP contribution in [0.25, 0.3) is 10.2 Å². The highest BCUT2D eigenvalue weighted by atomic mass is 32.2. The molecule has 10 heteroatoms. The Kier molecular flexibility index (Phi) is 11.7. The first-order chi connectivity index (χ1) is 19.9. The Balaban J connectivity index is 1.58. The quantitative estimate of drug-likeness (QED) is 0.219. The fourth-order valence-corrected chi connectivity index (χ4v) is 7.61. The van der Waals surface area contributed by atoms with Crippen LogP contribution in [0.1, 0.15) is 68.8 Å². The number of sulfonamides is 1. The molecule has 1 fully saturated rings. The van der Waals surface area contributed by atoms with E-state index in [0.717, 1.165) is 87.2 Å². The third kappa shape index (κ3) is 7.93. The number of carbonyl (C=O) groups excluding carboxylic acids is 1. The van der Waals surface area contributed by atoms with Gasteiger partial charge in [0.25, 0.3) is 5.91 Å². The van der Waals surface area contributed by atoms with Crippen LogP contribution in [0, 0.1) is 0 Å². The molecule has 224 valence electrons. The predicted molar refractivity (Wildman–Crippen MR) is 168 cm³/mol. The number of rotatable bonds is 15. The number of fused-ring (bicyclic) bond motifs is 1. The van der Waals surface area contributed by atoms with Crippen molar-refractivity contribution < 1.29 is 17.9 Å². The van der Waals surface area contributed by atoms with E-state index in [-0.39, 0.29) is 10.8 Å². The molecule has 0 N–H and O–H groups in total. The smallest absolute Gasteiger partial charge is 0.260 e. The lowest BCUT2D eigenvalue weighted by atomic mass is 10.1. The Labute approximate surface area is 249 Å². The van der Waals surface area contributed by atoms with E-state index in [0.29, 0.717) is 30.3 Å². The van der Waals surface area contributed by atoms with Gasteiger partial charge in [0.15, 0.2) is 5.13 Å². The van der Waals surface area contributed by atoms with E-state index in [2.05, 4.69) is 37.8 Å². The van der Waals surface area contributed by atoms with E-state index in [9.17, 15) is 13.2 Å². The molecule has 0 atom stereocenters. The van der Waals surface area contributed by atoms with Gasteiger partial charge in [0.2, 0.25) is 10.0 Å². The van der Waals surface area contributed by atoms with Gasteiger partial charge in [-0.3, -0.25) is 14.6 Å². The third-order valence-corrected chi connectivity index (χ3v) is 10.5. The molecule has 4 rings (SSSR count). The first-order valence-corrected chi connectivity index (χ1v) is 17.2. The topological polar surface area (TPSA) is 83.1 Å². The molecular weight excluding hydrogens is 556 g/mol. The summed E-state index contributed by atoms with van der Waals surface area (Å²) in [7, 11) is -3.63. The summed E-state index contributed by atoms with van der Waals surface area (Å²) in [5.41, 5.74) is 2.57. The van der Waals surface area contributed by atoms with Crippen LogP contribution in [-0.2, 0) is 21.2 Å². The van der Waals surface area contributed by atoms with Gasteiger partial charge in [0.1, 0.15) is 0 Å². The van der Waals surface area contributed by atoms with Crippen molar-refractivity contribution in [2.75, 3.05) is 57.4 Å². The summed E-state index contributed by atoms with van der Waals surface area (Å²) in [6.45, 7) is 11.9. The van der Waals surface area contributed by atoms with Gasteiger partial charge in [0.05, 0.1) is 28.3 Å². The Morgan fingerprint density at radius 3 is 2.27 bits per heavy atom. The molecule has 2 aromatic carbocycles. The zero-order valence-electron chi connectivity index (χ0n) is 24.7. The second-order valence-corrected chi connectivity index (χ2v) is 13.5. The van der Waals surface area contributed by atoms with Crippen LogP contribution in [0.2, 0.25) is 0 Å². The molecule has 0 radical (unpaired) electrons. The predicted octanol–water partition coefficient (Wildman–Crippen LogP) is 5.82. The number of ether oxygens (including phenoxy) is 1. The number of para-hydroxylation sites is 1. The molecule has 41 heavy (non-hydrogen) atoms. The van der Waals surface area contributed by atoms with Crippen LogP contribution in [-0.4, -0.2) is 81.0 Å². The van der Waals surface area contributed by atoms with Crippen molar-refractivity contribution in [2.45, 2.75) is 64.2 Å². The normalized spacial score (nSPS) is 14.6. The summed E-state index contributed by atoms with van der Waals surface area (Å²) < 4.78 is 35.0. The van der Waals surface area contributed by atoms with E-state index in [4.69, 9.17) is 9.72 Å². The zero-order valence-corrected chi connectivity index (χ0v) is 26.3. The Bertz CT molecular complexity index is 1360. The Hall–Kier alpha value is -2.37.